The van der Waals surface area contributed by atoms with E-state index < -0.39 is 0 Å². The van der Waals surface area contributed by atoms with Crippen LogP contribution in [-0.2, 0) is 9.53 Å². The Bertz CT molecular complexity index is 644. The highest BCUT2D eigenvalue weighted by atomic mass is 35.5. The lowest BCUT2D eigenvalue weighted by molar-refractivity contribution is -0.117. The molecule has 4 atom stereocenters. The Balaban J connectivity index is 0.00000140. The van der Waals surface area contributed by atoms with Crippen LogP contribution in [0.15, 0.2) is 18.2 Å². The molecule has 2 aliphatic heterocycles. The summed E-state index contributed by atoms with van der Waals surface area (Å²) in [7, 11) is 0. The van der Waals surface area contributed by atoms with E-state index in [0.29, 0.717) is 29.9 Å². The van der Waals surface area contributed by atoms with E-state index in [-0.39, 0.29) is 48.7 Å². The number of carbonyl (C=O) groups excluding carboxylic acids is 1. The SMILES string of the molecule is Cl.Cl.O=C(Nc1ccc(NCC2CCCO2)c(F)c1)C1CC2CCCCC2N1. The van der Waals surface area contributed by atoms with E-state index in [9.17, 15) is 9.18 Å². The molecule has 0 aromatic heterocycles. The van der Waals surface area contributed by atoms with Gasteiger partial charge in [-0.25, -0.2) is 4.39 Å². The Morgan fingerprint density at radius 1 is 1.18 bits per heavy atom. The first-order chi connectivity index (χ1) is 12.7. The molecule has 2 saturated heterocycles. The maximum Gasteiger partial charge on any atom is 0.241 e. The third-order valence-electron chi connectivity index (χ3n) is 5.96. The molecule has 3 aliphatic rings. The highest BCUT2D eigenvalue weighted by Gasteiger charge is 2.38. The number of anilines is 2. The van der Waals surface area contributed by atoms with Gasteiger partial charge < -0.3 is 20.7 Å². The van der Waals surface area contributed by atoms with Gasteiger partial charge in [0.05, 0.1) is 17.8 Å². The van der Waals surface area contributed by atoms with Crippen molar-refractivity contribution in [2.45, 2.75) is 63.1 Å². The van der Waals surface area contributed by atoms with Crippen molar-refractivity contribution in [2.75, 3.05) is 23.8 Å². The Labute approximate surface area is 178 Å². The maximum atomic E-state index is 14.3. The van der Waals surface area contributed by atoms with Crippen molar-refractivity contribution < 1.29 is 13.9 Å². The molecule has 2 heterocycles. The van der Waals surface area contributed by atoms with Gasteiger partial charge in [0.2, 0.25) is 5.91 Å². The molecule has 3 N–H and O–H groups in total. The second kappa shape index (κ2) is 10.6. The molecule has 0 spiro atoms. The average Bonchev–Trinajstić information content (AvgIpc) is 3.30. The standard InChI is InChI=1S/C20H28FN3O2.2ClH/c21-16-11-14(7-8-18(16)22-12-15-5-3-9-26-15)23-20(25)19-10-13-4-1-2-6-17(13)24-19;;/h7-8,11,13,15,17,19,22,24H,1-6,9-10,12H2,(H,23,25);2*1H. The van der Waals surface area contributed by atoms with Crippen LogP contribution in [0.25, 0.3) is 0 Å². The van der Waals surface area contributed by atoms with Crippen molar-refractivity contribution in [3.8, 4) is 0 Å². The topological polar surface area (TPSA) is 62.4 Å². The number of benzene rings is 1. The first-order valence-electron chi connectivity index (χ1n) is 9.91. The molecule has 1 aromatic carbocycles. The fraction of sp³-hybridized carbons (Fsp3) is 0.650. The lowest BCUT2D eigenvalue weighted by Crippen LogP contribution is -2.39. The van der Waals surface area contributed by atoms with Crippen LogP contribution >= 0.6 is 24.8 Å². The summed E-state index contributed by atoms with van der Waals surface area (Å²) in [5, 5.41) is 9.42. The zero-order valence-corrected chi connectivity index (χ0v) is 17.5. The van der Waals surface area contributed by atoms with Crippen LogP contribution in [0.5, 0.6) is 0 Å². The molecule has 4 rings (SSSR count). The third-order valence-corrected chi connectivity index (χ3v) is 5.96. The number of carbonyl (C=O) groups is 1. The lowest BCUT2D eigenvalue weighted by Gasteiger charge is -2.24. The monoisotopic (exact) mass is 433 g/mol. The smallest absolute Gasteiger partial charge is 0.241 e. The van der Waals surface area contributed by atoms with Gasteiger partial charge in [0.1, 0.15) is 5.82 Å². The summed E-state index contributed by atoms with van der Waals surface area (Å²) in [6.45, 7) is 1.40. The largest absolute Gasteiger partial charge is 0.380 e. The fourth-order valence-electron chi connectivity index (χ4n) is 4.52. The van der Waals surface area contributed by atoms with Gasteiger partial charge in [0, 0.05) is 24.9 Å². The van der Waals surface area contributed by atoms with E-state index in [1.54, 1.807) is 12.1 Å². The molecular formula is C20H30Cl2FN3O2. The van der Waals surface area contributed by atoms with E-state index in [4.69, 9.17) is 4.74 Å². The van der Waals surface area contributed by atoms with Crippen molar-refractivity contribution in [3.63, 3.8) is 0 Å². The highest BCUT2D eigenvalue weighted by molar-refractivity contribution is 5.95. The van der Waals surface area contributed by atoms with Crippen LogP contribution in [-0.4, -0.2) is 37.2 Å². The molecule has 5 nitrogen and oxygen atoms in total. The zero-order chi connectivity index (χ0) is 17.9. The number of rotatable bonds is 5. The molecular weight excluding hydrogens is 404 g/mol. The summed E-state index contributed by atoms with van der Waals surface area (Å²) < 4.78 is 19.9. The van der Waals surface area contributed by atoms with Gasteiger partial charge in [-0.05, 0) is 56.2 Å². The molecule has 3 fully saturated rings. The lowest BCUT2D eigenvalue weighted by atomic mass is 9.85. The van der Waals surface area contributed by atoms with Gasteiger partial charge in [-0.1, -0.05) is 12.8 Å². The molecule has 0 bridgehead atoms. The van der Waals surface area contributed by atoms with Crippen LogP contribution < -0.4 is 16.0 Å². The van der Waals surface area contributed by atoms with Gasteiger partial charge in [0.15, 0.2) is 0 Å². The Hall–Kier alpha value is -1.08. The Morgan fingerprint density at radius 3 is 2.71 bits per heavy atom. The molecule has 0 radical (unpaired) electrons. The second-order valence-corrected chi connectivity index (χ2v) is 7.81. The highest BCUT2D eigenvalue weighted by Crippen LogP contribution is 2.33. The third kappa shape index (κ3) is 5.50. The van der Waals surface area contributed by atoms with Crippen LogP contribution in [0.1, 0.15) is 44.9 Å². The maximum absolute atomic E-state index is 14.3. The van der Waals surface area contributed by atoms with Gasteiger partial charge in [-0.3, -0.25) is 4.79 Å². The minimum Gasteiger partial charge on any atom is -0.380 e. The van der Waals surface area contributed by atoms with Crippen molar-refractivity contribution in [1.29, 1.82) is 0 Å². The van der Waals surface area contributed by atoms with Gasteiger partial charge in [-0.2, -0.15) is 0 Å². The van der Waals surface area contributed by atoms with E-state index in [1.165, 1.54) is 25.3 Å². The molecule has 1 aromatic rings. The van der Waals surface area contributed by atoms with E-state index in [1.807, 2.05) is 0 Å². The summed E-state index contributed by atoms with van der Waals surface area (Å²) in [5.41, 5.74) is 0.954. The summed E-state index contributed by atoms with van der Waals surface area (Å²) in [6.07, 6.45) is 8.01. The van der Waals surface area contributed by atoms with Gasteiger partial charge in [0.25, 0.3) is 0 Å². The molecule has 1 amide bonds. The quantitative estimate of drug-likeness (QED) is 0.653. The molecule has 28 heavy (non-hydrogen) atoms. The van der Waals surface area contributed by atoms with Crippen LogP contribution in [0.3, 0.4) is 0 Å². The van der Waals surface area contributed by atoms with Gasteiger partial charge in [-0.15, -0.1) is 24.8 Å². The van der Waals surface area contributed by atoms with Crippen LogP contribution in [0.2, 0.25) is 0 Å². The number of amides is 1. The van der Waals surface area contributed by atoms with Crippen LogP contribution in [0.4, 0.5) is 15.8 Å². The minimum atomic E-state index is -0.353. The molecule has 1 saturated carbocycles. The minimum absolute atomic E-state index is 0. The second-order valence-electron chi connectivity index (χ2n) is 7.81. The van der Waals surface area contributed by atoms with Crippen molar-refractivity contribution in [3.05, 3.63) is 24.0 Å². The predicted octanol–water partition coefficient (Wildman–Crippen LogP) is 4.12. The summed E-state index contributed by atoms with van der Waals surface area (Å²) in [5.74, 6) is 0.202. The van der Waals surface area contributed by atoms with Crippen molar-refractivity contribution in [1.82, 2.24) is 5.32 Å². The Kier molecular flexibility index (Phi) is 8.81. The van der Waals surface area contributed by atoms with Crippen LogP contribution in [0, 0.1) is 11.7 Å². The van der Waals surface area contributed by atoms with E-state index in [0.717, 1.165) is 32.3 Å². The van der Waals surface area contributed by atoms with E-state index >= 15 is 0 Å². The average molecular weight is 434 g/mol. The number of fused-ring (bicyclic) bond motifs is 1. The summed E-state index contributed by atoms with van der Waals surface area (Å²) >= 11 is 0. The molecule has 8 heteroatoms. The van der Waals surface area contributed by atoms with Crippen molar-refractivity contribution >= 4 is 42.1 Å². The number of hydrogen-bond donors (Lipinski definition) is 3. The molecule has 158 valence electrons. The Morgan fingerprint density at radius 2 is 2.00 bits per heavy atom. The number of ether oxygens (including phenoxy) is 1. The summed E-state index contributed by atoms with van der Waals surface area (Å²) in [4.78, 5) is 12.5. The summed E-state index contributed by atoms with van der Waals surface area (Å²) in [6, 6.07) is 5.13. The molecule has 1 aliphatic carbocycles. The van der Waals surface area contributed by atoms with Gasteiger partial charge >= 0.3 is 0 Å². The number of halogens is 3. The zero-order valence-electron chi connectivity index (χ0n) is 15.9. The first-order valence-corrected chi connectivity index (χ1v) is 9.91. The van der Waals surface area contributed by atoms with E-state index in [2.05, 4.69) is 16.0 Å². The molecule has 4 unspecified atom stereocenters. The fourth-order valence-corrected chi connectivity index (χ4v) is 4.52. The van der Waals surface area contributed by atoms with Crippen molar-refractivity contribution in [2.24, 2.45) is 5.92 Å². The predicted molar refractivity (Wildman–Crippen MR) is 114 cm³/mol. The normalized spacial score (nSPS) is 28.6. The number of hydrogen-bond acceptors (Lipinski definition) is 4. The number of nitrogens with one attached hydrogen (secondary N) is 3. The first kappa shape index (κ1) is 23.2.